The maximum atomic E-state index is 13.8. The van der Waals surface area contributed by atoms with Crippen molar-refractivity contribution in [2.45, 2.75) is 19.4 Å². The van der Waals surface area contributed by atoms with Crippen molar-refractivity contribution in [2.75, 3.05) is 12.4 Å². The molecule has 3 aromatic heterocycles. The molecule has 7 nitrogen and oxygen atoms in total. The van der Waals surface area contributed by atoms with Crippen LogP contribution in [-0.4, -0.2) is 27.0 Å². The van der Waals surface area contributed by atoms with E-state index in [9.17, 15) is 14.0 Å². The topological polar surface area (TPSA) is 77.6 Å². The number of amides is 1. The van der Waals surface area contributed by atoms with Crippen LogP contribution in [0.2, 0.25) is 0 Å². The summed E-state index contributed by atoms with van der Waals surface area (Å²) in [5.41, 5.74) is 1.52. The zero-order chi connectivity index (χ0) is 20.4. The number of halogens is 1. The molecular weight excluding hydrogens is 375 g/mol. The summed E-state index contributed by atoms with van der Waals surface area (Å²) in [6, 6.07) is 11.2. The Morgan fingerprint density at radius 2 is 2.03 bits per heavy atom. The van der Waals surface area contributed by atoms with Gasteiger partial charge in [-0.15, -0.1) is 0 Å². The van der Waals surface area contributed by atoms with Crippen LogP contribution in [0.1, 0.15) is 12.8 Å². The smallest absolute Gasteiger partial charge is 0.275 e. The number of hydrogen-bond donors (Lipinski definition) is 1. The molecule has 4 aromatic rings. The van der Waals surface area contributed by atoms with Gasteiger partial charge in [0.15, 0.2) is 0 Å². The number of hydrogen-bond acceptors (Lipinski definition) is 4. The summed E-state index contributed by atoms with van der Waals surface area (Å²) < 4.78 is 22.1. The second kappa shape index (κ2) is 7.75. The number of pyridine rings is 1. The molecule has 0 aliphatic rings. The lowest BCUT2D eigenvalue weighted by molar-refractivity contribution is -0.116. The fourth-order valence-corrected chi connectivity index (χ4v) is 3.33. The van der Waals surface area contributed by atoms with Crippen LogP contribution in [0.15, 0.2) is 59.7 Å². The number of aromatic nitrogens is 3. The van der Waals surface area contributed by atoms with E-state index in [4.69, 9.17) is 4.74 Å². The van der Waals surface area contributed by atoms with Crippen LogP contribution in [0.25, 0.3) is 16.6 Å². The number of methoxy groups -OCH3 is 1. The van der Waals surface area contributed by atoms with Crippen molar-refractivity contribution >= 4 is 28.3 Å². The summed E-state index contributed by atoms with van der Waals surface area (Å²) in [6.07, 6.45) is 3.91. The number of ether oxygens (including phenoxy) is 1. The normalized spacial score (nSPS) is 11.1. The number of anilines is 1. The highest BCUT2D eigenvalue weighted by Crippen LogP contribution is 2.17. The molecular formula is C21H19FN4O3. The molecule has 3 heterocycles. The van der Waals surface area contributed by atoms with E-state index >= 15 is 0 Å². The monoisotopic (exact) mass is 394 g/mol. The van der Waals surface area contributed by atoms with Gasteiger partial charge in [0.1, 0.15) is 22.9 Å². The van der Waals surface area contributed by atoms with Gasteiger partial charge in [-0.05, 0) is 48.9 Å². The van der Waals surface area contributed by atoms with Crippen LogP contribution >= 0.6 is 0 Å². The Balaban J connectivity index is 1.51. The number of aryl methyl sites for hydroxylation is 1. The van der Waals surface area contributed by atoms with Crippen LogP contribution in [0, 0.1) is 5.82 Å². The van der Waals surface area contributed by atoms with Gasteiger partial charge in [-0.25, -0.2) is 9.37 Å². The third-order valence-electron chi connectivity index (χ3n) is 4.73. The van der Waals surface area contributed by atoms with Crippen LogP contribution in [0.5, 0.6) is 5.75 Å². The summed E-state index contributed by atoms with van der Waals surface area (Å²) in [5, 5.41) is 2.71. The molecule has 0 aliphatic heterocycles. The minimum absolute atomic E-state index is 0.198. The largest absolute Gasteiger partial charge is 0.495 e. The highest BCUT2D eigenvalue weighted by molar-refractivity contribution is 5.89. The third-order valence-corrected chi connectivity index (χ3v) is 4.73. The first-order valence-electron chi connectivity index (χ1n) is 9.16. The van der Waals surface area contributed by atoms with Crippen molar-refractivity contribution in [3.63, 3.8) is 0 Å². The van der Waals surface area contributed by atoms with E-state index in [1.54, 1.807) is 40.9 Å². The summed E-state index contributed by atoms with van der Waals surface area (Å²) in [7, 11) is 1.54. The van der Waals surface area contributed by atoms with Gasteiger partial charge >= 0.3 is 0 Å². The van der Waals surface area contributed by atoms with E-state index in [0.717, 1.165) is 5.52 Å². The molecule has 148 valence electrons. The molecule has 0 spiro atoms. The number of fused-ring (bicyclic) bond motifs is 3. The van der Waals surface area contributed by atoms with Gasteiger partial charge in [0.25, 0.3) is 5.56 Å². The summed E-state index contributed by atoms with van der Waals surface area (Å²) in [6.45, 7) is 0.296. The van der Waals surface area contributed by atoms with Crippen LogP contribution in [0.4, 0.5) is 10.2 Å². The molecule has 29 heavy (non-hydrogen) atoms. The van der Waals surface area contributed by atoms with Gasteiger partial charge in [-0.3, -0.25) is 9.59 Å². The number of nitrogens with one attached hydrogen (secondary N) is 1. The van der Waals surface area contributed by atoms with Crippen LogP contribution < -0.4 is 15.6 Å². The lowest BCUT2D eigenvalue weighted by Crippen LogP contribution is -2.23. The number of benzene rings is 1. The zero-order valence-corrected chi connectivity index (χ0v) is 15.8. The quantitative estimate of drug-likeness (QED) is 0.545. The first kappa shape index (κ1) is 18.7. The fraction of sp³-hybridized carbons (Fsp3) is 0.190. The third kappa shape index (κ3) is 3.69. The number of rotatable bonds is 6. The standard InChI is InChI=1S/C21H19FN4O3/c1-29-15-7-9-19(23-13-15)24-20(27)5-3-11-26-18-12-14(22)6-8-16(18)25-10-2-4-17(25)21(26)28/h2,4,6-10,12-13H,3,5,11H2,1H3,(H,23,24,27). The average molecular weight is 394 g/mol. The van der Waals surface area contributed by atoms with Crippen molar-refractivity contribution in [1.29, 1.82) is 0 Å². The van der Waals surface area contributed by atoms with Crippen molar-refractivity contribution in [1.82, 2.24) is 14.0 Å². The van der Waals surface area contributed by atoms with Crippen LogP contribution in [-0.2, 0) is 11.3 Å². The molecule has 0 fully saturated rings. The lowest BCUT2D eigenvalue weighted by Gasteiger charge is -2.13. The summed E-state index contributed by atoms with van der Waals surface area (Å²) in [5.74, 6) is 0.396. The Bertz CT molecular complexity index is 1240. The highest BCUT2D eigenvalue weighted by Gasteiger charge is 2.12. The molecule has 1 aromatic carbocycles. The second-order valence-electron chi connectivity index (χ2n) is 6.59. The molecule has 0 unspecified atom stereocenters. The van der Waals surface area contributed by atoms with Gasteiger partial charge in [0.2, 0.25) is 5.91 Å². The zero-order valence-electron chi connectivity index (χ0n) is 15.8. The summed E-state index contributed by atoms with van der Waals surface area (Å²) >= 11 is 0. The van der Waals surface area contributed by atoms with Gasteiger partial charge in [0, 0.05) is 19.2 Å². The molecule has 0 aliphatic carbocycles. The minimum atomic E-state index is -0.416. The van der Waals surface area contributed by atoms with E-state index in [1.165, 1.54) is 30.0 Å². The Hall–Kier alpha value is -3.68. The van der Waals surface area contributed by atoms with E-state index in [2.05, 4.69) is 10.3 Å². The van der Waals surface area contributed by atoms with Gasteiger partial charge in [0.05, 0.1) is 24.3 Å². The first-order valence-corrected chi connectivity index (χ1v) is 9.16. The molecule has 8 heteroatoms. The van der Waals surface area contributed by atoms with E-state index in [1.807, 2.05) is 0 Å². The van der Waals surface area contributed by atoms with E-state index in [-0.39, 0.29) is 17.9 Å². The Labute approximate surface area is 165 Å². The maximum Gasteiger partial charge on any atom is 0.275 e. The lowest BCUT2D eigenvalue weighted by atomic mass is 10.2. The highest BCUT2D eigenvalue weighted by atomic mass is 19.1. The molecule has 0 atom stereocenters. The Morgan fingerprint density at radius 1 is 1.17 bits per heavy atom. The second-order valence-corrected chi connectivity index (χ2v) is 6.59. The van der Waals surface area contributed by atoms with E-state index < -0.39 is 5.82 Å². The molecule has 1 amide bonds. The molecule has 0 bridgehead atoms. The van der Waals surface area contributed by atoms with Crippen molar-refractivity contribution in [3.8, 4) is 5.75 Å². The van der Waals surface area contributed by atoms with Gasteiger partial charge in [-0.2, -0.15) is 0 Å². The van der Waals surface area contributed by atoms with Gasteiger partial charge < -0.3 is 19.0 Å². The maximum absolute atomic E-state index is 13.8. The minimum Gasteiger partial charge on any atom is -0.495 e. The Morgan fingerprint density at radius 3 is 2.79 bits per heavy atom. The average Bonchev–Trinajstić information content (AvgIpc) is 3.21. The number of carbonyl (C=O) groups excluding carboxylic acids is 1. The SMILES string of the molecule is COc1ccc(NC(=O)CCCn2c(=O)c3cccn3c3ccc(F)cc32)nc1. The molecule has 1 N–H and O–H groups in total. The van der Waals surface area contributed by atoms with E-state index in [0.29, 0.717) is 35.6 Å². The molecule has 4 rings (SSSR count). The Kier molecular flexibility index (Phi) is 4.99. The number of carbonyl (C=O) groups is 1. The summed E-state index contributed by atoms with van der Waals surface area (Å²) in [4.78, 5) is 29.1. The predicted octanol–water partition coefficient (Wildman–Crippen LogP) is 3.22. The molecule has 0 saturated heterocycles. The molecule has 0 radical (unpaired) electrons. The van der Waals surface area contributed by atoms with Crippen molar-refractivity contribution in [2.24, 2.45) is 0 Å². The number of nitrogens with zero attached hydrogens (tertiary/aromatic N) is 3. The predicted molar refractivity (Wildman–Crippen MR) is 108 cm³/mol. The fourth-order valence-electron chi connectivity index (χ4n) is 3.33. The van der Waals surface area contributed by atoms with Crippen LogP contribution in [0.3, 0.4) is 0 Å². The molecule has 0 saturated carbocycles. The van der Waals surface area contributed by atoms with Crippen molar-refractivity contribution < 1.29 is 13.9 Å². The van der Waals surface area contributed by atoms with Crippen molar-refractivity contribution in [3.05, 3.63) is 71.0 Å². The van der Waals surface area contributed by atoms with Gasteiger partial charge in [-0.1, -0.05) is 0 Å². The first-order chi connectivity index (χ1) is 14.1.